The lowest BCUT2D eigenvalue weighted by Gasteiger charge is -2.11. The van der Waals surface area contributed by atoms with E-state index in [0.29, 0.717) is 4.47 Å². The number of anilines is 1. The predicted molar refractivity (Wildman–Crippen MR) is 81.9 cm³/mol. The van der Waals surface area contributed by atoms with Crippen molar-refractivity contribution < 1.29 is 15.0 Å². The van der Waals surface area contributed by atoms with E-state index in [9.17, 15) is 15.0 Å². The first-order chi connectivity index (χ1) is 9.40. The molecule has 0 atom stereocenters. The smallest absolute Gasteiger partial charge is 0.263 e. The predicted octanol–water partition coefficient (Wildman–Crippen LogP) is 4.42. The van der Waals surface area contributed by atoms with Crippen LogP contribution in [0.1, 0.15) is 10.4 Å². The molecule has 0 aromatic heterocycles. The molecule has 2 aromatic carbocycles. The number of nitrogens with one attached hydrogen (secondary N) is 1. The van der Waals surface area contributed by atoms with Crippen molar-refractivity contribution in [1.29, 1.82) is 0 Å². The first-order valence-electron chi connectivity index (χ1n) is 5.37. The number of benzene rings is 2. The lowest BCUT2D eigenvalue weighted by Crippen LogP contribution is -2.13. The van der Waals surface area contributed by atoms with Gasteiger partial charge in [0.2, 0.25) is 0 Å². The number of phenolic OH excluding ortho intramolecular Hbond substituents is 2. The molecule has 0 spiro atoms. The minimum Gasteiger partial charge on any atom is -0.507 e. The summed E-state index contributed by atoms with van der Waals surface area (Å²) in [6.07, 6.45) is 0. The van der Waals surface area contributed by atoms with E-state index >= 15 is 0 Å². The van der Waals surface area contributed by atoms with Gasteiger partial charge >= 0.3 is 0 Å². The van der Waals surface area contributed by atoms with Gasteiger partial charge in [0.1, 0.15) is 17.1 Å². The van der Waals surface area contributed by atoms with E-state index in [0.717, 1.165) is 0 Å². The maximum Gasteiger partial charge on any atom is 0.263 e. The lowest BCUT2D eigenvalue weighted by molar-refractivity contribution is 0.102. The highest BCUT2D eigenvalue weighted by atomic mass is 79.9. The Morgan fingerprint density at radius 3 is 2.10 bits per heavy atom. The standard InChI is InChI=1S/C13H8BrCl2NO3/c14-6-4-7(15)12(8(16)5-6)17-13(20)11-9(18)2-1-3-10(11)19/h1-5,18-19H,(H,17,20). The highest BCUT2D eigenvalue weighted by Crippen LogP contribution is 2.35. The molecule has 0 fully saturated rings. The number of phenols is 2. The average Bonchev–Trinajstić information content (AvgIpc) is 2.33. The second kappa shape index (κ2) is 5.91. The summed E-state index contributed by atoms with van der Waals surface area (Å²) in [5, 5.41) is 22.2. The number of carbonyl (C=O) groups is 1. The Morgan fingerprint density at radius 1 is 1.10 bits per heavy atom. The summed E-state index contributed by atoms with van der Waals surface area (Å²) in [6.45, 7) is 0. The Morgan fingerprint density at radius 2 is 1.60 bits per heavy atom. The van der Waals surface area contributed by atoms with Gasteiger partial charge in [-0.1, -0.05) is 45.2 Å². The van der Waals surface area contributed by atoms with Gasteiger partial charge in [0, 0.05) is 4.47 Å². The van der Waals surface area contributed by atoms with E-state index < -0.39 is 5.91 Å². The monoisotopic (exact) mass is 375 g/mol. The van der Waals surface area contributed by atoms with Gasteiger partial charge in [-0.25, -0.2) is 0 Å². The largest absolute Gasteiger partial charge is 0.507 e. The second-order valence-electron chi connectivity index (χ2n) is 3.87. The van der Waals surface area contributed by atoms with Gasteiger partial charge in [0.15, 0.2) is 0 Å². The van der Waals surface area contributed by atoms with Gasteiger partial charge in [0.05, 0.1) is 15.7 Å². The third-order valence-corrected chi connectivity index (χ3v) is 3.55. The molecule has 0 saturated carbocycles. The molecule has 0 aliphatic rings. The van der Waals surface area contributed by atoms with E-state index in [1.54, 1.807) is 12.1 Å². The zero-order chi connectivity index (χ0) is 14.9. The number of carbonyl (C=O) groups excluding carboxylic acids is 1. The summed E-state index contributed by atoms with van der Waals surface area (Å²) in [7, 11) is 0. The van der Waals surface area contributed by atoms with Crippen LogP contribution in [0.25, 0.3) is 0 Å². The third-order valence-electron chi connectivity index (χ3n) is 2.49. The molecule has 20 heavy (non-hydrogen) atoms. The minimum absolute atomic E-state index is 0.198. The molecular weight excluding hydrogens is 369 g/mol. The van der Waals surface area contributed by atoms with E-state index in [2.05, 4.69) is 21.2 Å². The van der Waals surface area contributed by atoms with Crippen LogP contribution in [-0.2, 0) is 0 Å². The van der Waals surface area contributed by atoms with Crippen molar-refractivity contribution in [2.24, 2.45) is 0 Å². The van der Waals surface area contributed by atoms with Crippen LogP contribution in [0.15, 0.2) is 34.8 Å². The van der Waals surface area contributed by atoms with Gasteiger partial charge < -0.3 is 15.5 Å². The van der Waals surface area contributed by atoms with Gasteiger partial charge in [-0.05, 0) is 24.3 Å². The van der Waals surface area contributed by atoms with Gasteiger partial charge in [-0.2, -0.15) is 0 Å². The van der Waals surface area contributed by atoms with Crippen LogP contribution >= 0.6 is 39.1 Å². The molecule has 0 radical (unpaired) electrons. The fourth-order valence-electron chi connectivity index (χ4n) is 1.60. The van der Waals surface area contributed by atoms with Crippen LogP contribution in [0.5, 0.6) is 11.5 Å². The maximum absolute atomic E-state index is 12.1. The van der Waals surface area contributed by atoms with Crippen molar-refractivity contribution in [2.45, 2.75) is 0 Å². The van der Waals surface area contributed by atoms with Crippen molar-refractivity contribution >= 4 is 50.7 Å². The molecule has 2 rings (SSSR count). The van der Waals surface area contributed by atoms with E-state index in [1.165, 1.54) is 18.2 Å². The van der Waals surface area contributed by atoms with Crippen LogP contribution in [0.4, 0.5) is 5.69 Å². The fraction of sp³-hybridized carbons (Fsp3) is 0. The molecule has 4 nitrogen and oxygen atoms in total. The summed E-state index contributed by atoms with van der Waals surface area (Å²) in [6, 6.07) is 7.13. The molecule has 104 valence electrons. The zero-order valence-electron chi connectivity index (χ0n) is 9.82. The van der Waals surface area contributed by atoms with Crippen molar-refractivity contribution in [3.63, 3.8) is 0 Å². The van der Waals surface area contributed by atoms with Crippen molar-refractivity contribution in [2.75, 3.05) is 5.32 Å². The summed E-state index contributed by atoms with van der Waals surface area (Å²) < 4.78 is 0.663. The maximum atomic E-state index is 12.1. The number of hydrogen-bond donors (Lipinski definition) is 3. The van der Waals surface area contributed by atoms with E-state index in [4.69, 9.17) is 23.2 Å². The van der Waals surface area contributed by atoms with Crippen LogP contribution in [-0.4, -0.2) is 16.1 Å². The van der Waals surface area contributed by atoms with E-state index in [-0.39, 0.29) is 32.8 Å². The number of rotatable bonds is 2. The van der Waals surface area contributed by atoms with Crippen molar-refractivity contribution in [3.8, 4) is 11.5 Å². The molecule has 2 aromatic rings. The first kappa shape index (κ1) is 15.0. The second-order valence-corrected chi connectivity index (χ2v) is 5.60. The Balaban J connectivity index is 2.38. The quantitative estimate of drug-likeness (QED) is 0.726. The van der Waals surface area contributed by atoms with Gasteiger partial charge in [0.25, 0.3) is 5.91 Å². The normalized spacial score (nSPS) is 10.3. The molecule has 0 heterocycles. The molecule has 0 aliphatic heterocycles. The van der Waals surface area contributed by atoms with Gasteiger partial charge in [-0.3, -0.25) is 4.79 Å². The molecule has 3 N–H and O–H groups in total. The summed E-state index contributed by atoms with van der Waals surface area (Å²) >= 11 is 15.2. The van der Waals surface area contributed by atoms with Crippen LogP contribution in [0.2, 0.25) is 10.0 Å². The number of hydrogen-bond acceptors (Lipinski definition) is 3. The van der Waals surface area contributed by atoms with Crippen LogP contribution in [0, 0.1) is 0 Å². The Bertz CT molecular complexity index is 648. The van der Waals surface area contributed by atoms with E-state index in [1.807, 2.05) is 0 Å². The Kier molecular flexibility index (Phi) is 4.42. The highest BCUT2D eigenvalue weighted by molar-refractivity contribution is 9.10. The highest BCUT2D eigenvalue weighted by Gasteiger charge is 2.18. The zero-order valence-corrected chi connectivity index (χ0v) is 12.9. The van der Waals surface area contributed by atoms with Crippen LogP contribution in [0.3, 0.4) is 0 Å². The SMILES string of the molecule is O=C(Nc1c(Cl)cc(Br)cc1Cl)c1c(O)cccc1O. The summed E-state index contributed by atoms with van der Waals surface area (Å²) in [5.41, 5.74) is -0.0493. The Hall–Kier alpha value is -1.43. The first-order valence-corrected chi connectivity index (χ1v) is 6.92. The number of halogens is 3. The lowest BCUT2D eigenvalue weighted by atomic mass is 10.1. The summed E-state index contributed by atoms with van der Waals surface area (Å²) in [4.78, 5) is 12.1. The number of aromatic hydroxyl groups is 2. The van der Waals surface area contributed by atoms with Crippen molar-refractivity contribution in [1.82, 2.24) is 0 Å². The molecular formula is C13H8BrCl2NO3. The number of amides is 1. The topological polar surface area (TPSA) is 69.6 Å². The molecule has 7 heteroatoms. The van der Waals surface area contributed by atoms with Crippen LogP contribution < -0.4 is 5.32 Å². The molecule has 1 amide bonds. The minimum atomic E-state index is -0.716. The Labute approximate surface area is 133 Å². The summed E-state index contributed by atoms with van der Waals surface area (Å²) in [5.74, 6) is -1.40. The molecule has 0 saturated heterocycles. The third kappa shape index (κ3) is 3.00. The van der Waals surface area contributed by atoms with Crippen molar-refractivity contribution in [3.05, 3.63) is 50.4 Å². The fourth-order valence-corrected chi connectivity index (χ4v) is 2.90. The average molecular weight is 377 g/mol. The van der Waals surface area contributed by atoms with Gasteiger partial charge in [-0.15, -0.1) is 0 Å². The molecule has 0 bridgehead atoms. The molecule has 0 aliphatic carbocycles. The molecule has 0 unspecified atom stereocenters.